The third-order valence-electron chi connectivity index (χ3n) is 5.09. The summed E-state index contributed by atoms with van der Waals surface area (Å²) in [6, 6.07) is 9.28. The number of carbonyl (C=O) groups is 2. The zero-order chi connectivity index (χ0) is 22.4. The highest BCUT2D eigenvalue weighted by atomic mass is 32.2. The summed E-state index contributed by atoms with van der Waals surface area (Å²) < 4.78 is 46.1. The first-order chi connectivity index (χ1) is 14.7. The quantitative estimate of drug-likeness (QED) is 0.631. The molecule has 0 radical (unpaired) electrons. The van der Waals surface area contributed by atoms with Gasteiger partial charge >= 0.3 is 5.97 Å². The van der Waals surface area contributed by atoms with Crippen molar-refractivity contribution in [2.24, 2.45) is 0 Å². The molecule has 1 fully saturated rings. The van der Waals surface area contributed by atoms with Gasteiger partial charge < -0.3 is 10.1 Å². The molecule has 9 heteroatoms. The van der Waals surface area contributed by atoms with Gasteiger partial charge in [-0.15, -0.1) is 0 Å². The van der Waals surface area contributed by atoms with Gasteiger partial charge in [-0.05, 0) is 55.7 Å². The number of esters is 1. The predicted molar refractivity (Wildman–Crippen MR) is 114 cm³/mol. The fourth-order valence-corrected chi connectivity index (χ4v) is 4.82. The van der Waals surface area contributed by atoms with Crippen molar-refractivity contribution < 1.29 is 27.1 Å². The van der Waals surface area contributed by atoms with Gasteiger partial charge in [0.2, 0.25) is 0 Å². The van der Waals surface area contributed by atoms with Crippen LogP contribution in [-0.4, -0.2) is 32.9 Å². The molecule has 0 unspecified atom stereocenters. The van der Waals surface area contributed by atoms with Crippen LogP contribution in [0.2, 0.25) is 0 Å². The van der Waals surface area contributed by atoms with Crippen molar-refractivity contribution in [3.05, 3.63) is 59.4 Å². The van der Waals surface area contributed by atoms with Crippen molar-refractivity contribution in [1.82, 2.24) is 5.32 Å². The monoisotopic (exact) mass is 448 g/mol. The van der Waals surface area contributed by atoms with Crippen molar-refractivity contribution in [3.8, 4) is 0 Å². The number of nitrogens with one attached hydrogen (secondary N) is 2. The Balaban J connectivity index is 1.62. The van der Waals surface area contributed by atoms with E-state index >= 15 is 0 Å². The number of aryl methyl sites for hydroxylation is 1. The van der Waals surface area contributed by atoms with Crippen LogP contribution in [0.15, 0.2) is 47.4 Å². The van der Waals surface area contributed by atoms with Gasteiger partial charge in [0, 0.05) is 11.7 Å². The van der Waals surface area contributed by atoms with E-state index in [0.29, 0.717) is 5.56 Å². The molecular formula is C22H25FN2O5S. The number of anilines is 1. The fraction of sp³-hybridized carbons (Fsp3) is 0.364. The lowest BCUT2D eigenvalue weighted by Crippen LogP contribution is -2.38. The van der Waals surface area contributed by atoms with Gasteiger partial charge in [-0.2, -0.15) is 0 Å². The van der Waals surface area contributed by atoms with E-state index in [2.05, 4.69) is 10.0 Å². The largest absolute Gasteiger partial charge is 0.452 e. The van der Waals surface area contributed by atoms with Crippen LogP contribution in [0.25, 0.3) is 0 Å². The van der Waals surface area contributed by atoms with Crippen molar-refractivity contribution in [2.75, 3.05) is 11.3 Å². The molecule has 0 saturated heterocycles. The van der Waals surface area contributed by atoms with E-state index in [4.69, 9.17) is 4.74 Å². The highest BCUT2D eigenvalue weighted by molar-refractivity contribution is 7.92. The third kappa shape index (κ3) is 6.27. The second kappa shape index (κ2) is 9.91. The molecular weight excluding hydrogens is 423 g/mol. The number of ether oxygens (including phenoxy) is 1. The summed E-state index contributed by atoms with van der Waals surface area (Å²) in [5.74, 6) is -1.78. The lowest BCUT2D eigenvalue weighted by atomic mass is 9.95. The van der Waals surface area contributed by atoms with Crippen LogP contribution in [0.5, 0.6) is 0 Å². The molecule has 1 aliphatic carbocycles. The Bertz CT molecular complexity index is 1070. The molecule has 31 heavy (non-hydrogen) atoms. The normalized spacial score (nSPS) is 14.6. The van der Waals surface area contributed by atoms with Crippen molar-refractivity contribution in [2.45, 2.75) is 50.0 Å². The second-order valence-corrected chi connectivity index (χ2v) is 9.23. The Morgan fingerprint density at radius 1 is 1.10 bits per heavy atom. The van der Waals surface area contributed by atoms with Crippen molar-refractivity contribution in [3.63, 3.8) is 0 Å². The first kappa shape index (κ1) is 22.7. The van der Waals surface area contributed by atoms with Crippen LogP contribution in [0.4, 0.5) is 10.1 Å². The minimum absolute atomic E-state index is 0.0848. The molecule has 2 N–H and O–H groups in total. The number of sulfonamides is 1. The van der Waals surface area contributed by atoms with E-state index in [1.807, 2.05) is 0 Å². The average Bonchev–Trinajstić information content (AvgIpc) is 2.74. The predicted octanol–water partition coefficient (Wildman–Crippen LogP) is 3.54. The molecule has 0 aliphatic heterocycles. The van der Waals surface area contributed by atoms with E-state index in [1.54, 1.807) is 6.92 Å². The van der Waals surface area contributed by atoms with Gasteiger partial charge in [0.05, 0.1) is 10.5 Å². The fourth-order valence-electron chi connectivity index (χ4n) is 3.51. The summed E-state index contributed by atoms with van der Waals surface area (Å²) in [6.07, 6.45) is 5.16. The SMILES string of the molecule is Cc1ccc(F)cc1S(=O)(=O)Nc1cccc(C(=O)OCC(=O)NC2CCCCC2)c1. The Morgan fingerprint density at radius 3 is 2.58 bits per heavy atom. The molecule has 0 spiro atoms. The van der Waals surface area contributed by atoms with Gasteiger partial charge in [0.15, 0.2) is 6.61 Å². The van der Waals surface area contributed by atoms with E-state index in [0.717, 1.165) is 31.7 Å². The van der Waals surface area contributed by atoms with Gasteiger partial charge in [-0.25, -0.2) is 17.6 Å². The van der Waals surface area contributed by atoms with Crippen molar-refractivity contribution in [1.29, 1.82) is 0 Å². The van der Waals surface area contributed by atoms with Crippen LogP contribution in [-0.2, 0) is 19.6 Å². The van der Waals surface area contributed by atoms with Crippen molar-refractivity contribution >= 4 is 27.6 Å². The maximum Gasteiger partial charge on any atom is 0.338 e. The van der Waals surface area contributed by atoms with E-state index in [9.17, 15) is 22.4 Å². The highest BCUT2D eigenvalue weighted by Gasteiger charge is 2.20. The summed E-state index contributed by atoms with van der Waals surface area (Å²) >= 11 is 0. The molecule has 1 amide bonds. The molecule has 1 saturated carbocycles. The van der Waals surface area contributed by atoms with Gasteiger partial charge in [0.25, 0.3) is 15.9 Å². The topological polar surface area (TPSA) is 102 Å². The molecule has 0 aromatic heterocycles. The van der Waals surface area contributed by atoms with E-state index in [-0.39, 0.29) is 28.1 Å². The lowest BCUT2D eigenvalue weighted by Gasteiger charge is -2.22. The molecule has 0 heterocycles. The Kier molecular flexibility index (Phi) is 7.27. The van der Waals surface area contributed by atoms with Crippen LogP contribution in [0.1, 0.15) is 48.0 Å². The molecule has 1 aliphatic rings. The minimum atomic E-state index is -4.06. The number of carbonyl (C=O) groups excluding carboxylic acids is 2. The molecule has 2 aromatic rings. The summed E-state index contributed by atoms with van der Waals surface area (Å²) in [6.45, 7) is 1.15. The van der Waals surface area contributed by atoms with Gasteiger partial charge in [-0.1, -0.05) is 31.4 Å². The standard InChI is InChI=1S/C22H25FN2O5S/c1-15-10-11-17(23)13-20(15)31(28,29)25-19-9-5-6-16(12-19)22(27)30-14-21(26)24-18-7-3-2-4-8-18/h5-6,9-13,18,25H,2-4,7-8,14H2,1H3,(H,24,26). The summed E-state index contributed by atoms with van der Waals surface area (Å²) in [7, 11) is -4.06. The number of rotatable bonds is 7. The smallest absolute Gasteiger partial charge is 0.338 e. The summed E-state index contributed by atoms with van der Waals surface area (Å²) in [4.78, 5) is 24.1. The Morgan fingerprint density at radius 2 is 1.84 bits per heavy atom. The number of halogens is 1. The minimum Gasteiger partial charge on any atom is -0.452 e. The molecule has 166 valence electrons. The molecule has 0 atom stereocenters. The highest BCUT2D eigenvalue weighted by Crippen LogP contribution is 2.21. The lowest BCUT2D eigenvalue weighted by molar-refractivity contribution is -0.125. The Labute approximate surface area is 181 Å². The van der Waals surface area contributed by atoms with E-state index < -0.39 is 28.4 Å². The maximum atomic E-state index is 13.5. The maximum absolute atomic E-state index is 13.5. The average molecular weight is 449 g/mol. The summed E-state index contributed by atoms with van der Waals surface area (Å²) in [5.41, 5.74) is 0.583. The Hall–Kier alpha value is -2.94. The number of hydrogen-bond donors (Lipinski definition) is 2. The number of benzene rings is 2. The number of hydrogen-bond acceptors (Lipinski definition) is 5. The molecule has 3 rings (SSSR count). The van der Waals surface area contributed by atoms with Crippen LogP contribution in [0.3, 0.4) is 0 Å². The molecule has 2 aromatic carbocycles. The first-order valence-corrected chi connectivity index (χ1v) is 11.6. The third-order valence-corrected chi connectivity index (χ3v) is 6.62. The van der Waals surface area contributed by atoms with Crippen LogP contribution < -0.4 is 10.0 Å². The van der Waals surface area contributed by atoms with E-state index in [1.165, 1.54) is 42.8 Å². The van der Waals surface area contributed by atoms with Gasteiger partial charge in [0.1, 0.15) is 5.82 Å². The van der Waals surface area contributed by atoms with Crippen LogP contribution >= 0.6 is 0 Å². The molecule has 0 bridgehead atoms. The second-order valence-electron chi connectivity index (χ2n) is 7.57. The first-order valence-electron chi connectivity index (χ1n) is 10.1. The zero-order valence-electron chi connectivity index (χ0n) is 17.2. The van der Waals surface area contributed by atoms with Gasteiger partial charge in [-0.3, -0.25) is 9.52 Å². The number of amides is 1. The molecule has 7 nitrogen and oxygen atoms in total. The summed E-state index contributed by atoms with van der Waals surface area (Å²) in [5, 5.41) is 2.86. The van der Waals surface area contributed by atoms with Crippen LogP contribution in [0, 0.1) is 12.7 Å². The zero-order valence-corrected chi connectivity index (χ0v) is 18.0.